The molecule has 0 saturated carbocycles. The van der Waals surface area contributed by atoms with Crippen LogP contribution in [-0.4, -0.2) is 14.4 Å². The molecule has 4 rings (SSSR count). The van der Waals surface area contributed by atoms with Gasteiger partial charge in [-0.05, 0) is 55.0 Å². The third kappa shape index (κ3) is 2.37. The van der Waals surface area contributed by atoms with Crippen molar-refractivity contribution in [2.24, 2.45) is 0 Å². The summed E-state index contributed by atoms with van der Waals surface area (Å²) in [4.78, 5) is 10.4. The number of aromatic nitrogens is 3. The van der Waals surface area contributed by atoms with Crippen molar-refractivity contribution in [1.29, 1.82) is 0 Å². The van der Waals surface area contributed by atoms with E-state index in [0.717, 1.165) is 17.2 Å². The van der Waals surface area contributed by atoms with Crippen molar-refractivity contribution in [2.75, 3.05) is 5.32 Å². The molecule has 0 fully saturated rings. The predicted octanol–water partition coefficient (Wildman–Crippen LogP) is 5.13. The molecule has 3 heterocycles. The van der Waals surface area contributed by atoms with Crippen LogP contribution in [0.1, 0.15) is 16.7 Å². The fourth-order valence-electron chi connectivity index (χ4n) is 2.91. The number of hydrogen-bond donors (Lipinski definition) is 1. The number of hydrogen-bond acceptors (Lipinski definition) is 4. The summed E-state index contributed by atoms with van der Waals surface area (Å²) < 4.78 is 2.01. The first-order valence-electron chi connectivity index (χ1n) is 7.86. The maximum Gasteiger partial charge on any atom is 0.236 e. The molecule has 0 unspecified atom stereocenters. The monoisotopic (exact) mass is 334 g/mol. The van der Waals surface area contributed by atoms with E-state index in [0.29, 0.717) is 5.78 Å². The zero-order chi connectivity index (χ0) is 16.7. The minimum Gasteiger partial charge on any atom is -0.339 e. The van der Waals surface area contributed by atoms with Gasteiger partial charge in [-0.25, -0.2) is 9.97 Å². The fourth-order valence-corrected chi connectivity index (χ4v) is 3.83. The molecule has 120 valence electrons. The molecule has 0 aliphatic heterocycles. The second kappa shape index (κ2) is 5.76. The summed E-state index contributed by atoms with van der Waals surface area (Å²) in [7, 11) is 0. The summed E-state index contributed by atoms with van der Waals surface area (Å²) in [6.07, 6.45) is 3.77. The van der Waals surface area contributed by atoms with E-state index in [1.807, 2.05) is 16.7 Å². The molecule has 0 aliphatic carbocycles. The van der Waals surface area contributed by atoms with Crippen LogP contribution in [-0.2, 0) is 0 Å². The van der Waals surface area contributed by atoms with E-state index in [4.69, 9.17) is 4.98 Å². The number of imidazole rings is 1. The lowest BCUT2D eigenvalue weighted by molar-refractivity contribution is 1.11. The minimum absolute atomic E-state index is 0.703. The van der Waals surface area contributed by atoms with Gasteiger partial charge in [0.05, 0.1) is 4.88 Å². The largest absolute Gasteiger partial charge is 0.339 e. The molecule has 24 heavy (non-hydrogen) atoms. The van der Waals surface area contributed by atoms with Gasteiger partial charge in [0.1, 0.15) is 11.5 Å². The van der Waals surface area contributed by atoms with Gasteiger partial charge in [0, 0.05) is 18.1 Å². The Labute approximate surface area is 144 Å². The van der Waals surface area contributed by atoms with Gasteiger partial charge in [-0.1, -0.05) is 18.2 Å². The highest BCUT2D eigenvalue weighted by Gasteiger charge is 2.18. The maximum atomic E-state index is 4.77. The Bertz CT molecular complexity index is 1010. The molecule has 3 aromatic heterocycles. The molecular formula is C19H18N4S. The van der Waals surface area contributed by atoms with Gasteiger partial charge >= 0.3 is 0 Å². The lowest BCUT2D eigenvalue weighted by Gasteiger charge is -2.13. The highest BCUT2D eigenvalue weighted by atomic mass is 32.1. The fraction of sp³-hybridized carbons (Fsp3) is 0.158. The van der Waals surface area contributed by atoms with Crippen LogP contribution in [0.2, 0.25) is 0 Å². The van der Waals surface area contributed by atoms with Gasteiger partial charge in [0.2, 0.25) is 5.78 Å². The third-order valence-corrected chi connectivity index (χ3v) is 5.23. The first-order chi connectivity index (χ1) is 11.6. The van der Waals surface area contributed by atoms with Gasteiger partial charge < -0.3 is 5.32 Å². The van der Waals surface area contributed by atoms with E-state index >= 15 is 0 Å². The van der Waals surface area contributed by atoms with Gasteiger partial charge in [-0.15, -0.1) is 11.3 Å². The average molecular weight is 334 g/mol. The first-order valence-corrected chi connectivity index (χ1v) is 8.74. The first kappa shape index (κ1) is 14.9. The average Bonchev–Trinajstić information content (AvgIpc) is 3.14. The Morgan fingerprint density at radius 1 is 1.00 bits per heavy atom. The lowest BCUT2D eigenvalue weighted by atomic mass is 10.1. The molecule has 0 spiro atoms. The van der Waals surface area contributed by atoms with Gasteiger partial charge in [-0.2, -0.15) is 0 Å². The smallest absolute Gasteiger partial charge is 0.236 e. The summed E-state index contributed by atoms with van der Waals surface area (Å²) in [5.74, 6) is 1.66. The van der Waals surface area contributed by atoms with Gasteiger partial charge in [0.25, 0.3) is 0 Å². The Balaban J connectivity index is 1.95. The van der Waals surface area contributed by atoms with E-state index in [1.54, 1.807) is 17.5 Å². The Hall–Kier alpha value is -2.66. The van der Waals surface area contributed by atoms with E-state index < -0.39 is 0 Å². The van der Waals surface area contributed by atoms with E-state index in [1.165, 1.54) is 21.6 Å². The molecule has 0 aliphatic rings. The van der Waals surface area contributed by atoms with E-state index in [2.05, 4.69) is 60.7 Å². The summed E-state index contributed by atoms with van der Waals surface area (Å²) in [5, 5.41) is 5.72. The van der Waals surface area contributed by atoms with Gasteiger partial charge in [-0.3, -0.25) is 4.40 Å². The molecule has 4 nitrogen and oxygen atoms in total. The zero-order valence-electron chi connectivity index (χ0n) is 13.9. The second-order valence-electron chi connectivity index (χ2n) is 5.92. The highest BCUT2D eigenvalue weighted by Crippen LogP contribution is 2.36. The molecule has 0 radical (unpaired) electrons. The van der Waals surface area contributed by atoms with Crippen molar-refractivity contribution in [3.05, 3.63) is 64.8 Å². The van der Waals surface area contributed by atoms with E-state index in [9.17, 15) is 0 Å². The summed E-state index contributed by atoms with van der Waals surface area (Å²) in [6, 6.07) is 10.4. The SMILES string of the molecule is Cc1ccsc1-c1nc2ncccn2c1Nc1c(C)cccc1C. The van der Waals surface area contributed by atoms with Crippen molar-refractivity contribution in [3.8, 4) is 10.6 Å². The molecule has 5 heteroatoms. The molecule has 1 N–H and O–H groups in total. The standard InChI is InChI=1S/C19H18N4S/c1-12-6-4-7-13(2)15(12)21-18-16(17-14(3)8-11-24-17)22-19-20-9-5-10-23(18)19/h4-11,21H,1-3H3. The molecule has 4 aromatic rings. The van der Waals surface area contributed by atoms with Crippen LogP contribution in [0.4, 0.5) is 11.5 Å². The van der Waals surface area contributed by atoms with Crippen LogP contribution in [0.3, 0.4) is 0 Å². The Kier molecular flexibility index (Phi) is 3.58. The van der Waals surface area contributed by atoms with Crippen LogP contribution >= 0.6 is 11.3 Å². The van der Waals surface area contributed by atoms with Crippen LogP contribution in [0.25, 0.3) is 16.3 Å². The second-order valence-corrected chi connectivity index (χ2v) is 6.84. The maximum absolute atomic E-state index is 4.77. The Morgan fingerprint density at radius 2 is 1.79 bits per heavy atom. The Morgan fingerprint density at radius 3 is 2.50 bits per heavy atom. The van der Waals surface area contributed by atoms with Gasteiger partial charge in [0.15, 0.2) is 0 Å². The molecule has 0 amide bonds. The zero-order valence-corrected chi connectivity index (χ0v) is 14.7. The number of anilines is 2. The number of nitrogens with one attached hydrogen (secondary N) is 1. The number of fused-ring (bicyclic) bond motifs is 1. The lowest BCUT2D eigenvalue weighted by Crippen LogP contribution is -2.00. The van der Waals surface area contributed by atoms with Crippen molar-refractivity contribution in [1.82, 2.24) is 14.4 Å². The summed E-state index contributed by atoms with van der Waals surface area (Å²) >= 11 is 1.71. The number of rotatable bonds is 3. The quantitative estimate of drug-likeness (QED) is 0.565. The minimum atomic E-state index is 0.703. The van der Waals surface area contributed by atoms with Crippen LogP contribution in [0.15, 0.2) is 48.1 Å². The highest BCUT2D eigenvalue weighted by molar-refractivity contribution is 7.13. The normalized spacial score (nSPS) is 11.1. The van der Waals surface area contributed by atoms with E-state index in [-0.39, 0.29) is 0 Å². The van der Waals surface area contributed by atoms with Crippen LogP contribution in [0, 0.1) is 20.8 Å². The topological polar surface area (TPSA) is 42.2 Å². The van der Waals surface area contributed by atoms with Crippen LogP contribution < -0.4 is 5.32 Å². The van der Waals surface area contributed by atoms with Crippen molar-refractivity contribution < 1.29 is 0 Å². The number of nitrogens with zero attached hydrogens (tertiary/aromatic N) is 3. The van der Waals surface area contributed by atoms with Crippen molar-refractivity contribution in [2.45, 2.75) is 20.8 Å². The number of benzene rings is 1. The molecule has 1 aromatic carbocycles. The predicted molar refractivity (Wildman–Crippen MR) is 100 cm³/mol. The number of para-hydroxylation sites is 1. The van der Waals surface area contributed by atoms with Crippen molar-refractivity contribution in [3.63, 3.8) is 0 Å². The summed E-state index contributed by atoms with van der Waals surface area (Å²) in [5.41, 5.74) is 5.72. The van der Waals surface area contributed by atoms with Crippen LogP contribution in [0.5, 0.6) is 0 Å². The third-order valence-electron chi connectivity index (χ3n) is 4.21. The van der Waals surface area contributed by atoms with Crippen molar-refractivity contribution >= 4 is 28.6 Å². The molecule has 0 atom stereocenters. The molecule has 0 saturated heterocycles. The summed E-state index contributed by atoms with van der Waals surface area (Å²) in [6.45, 7) is 6.35. The molecule has 0 bridgehead atoms. The number of thiophene rings is 1. The molecular weight excluding hydrogens is 316 g/mol. The number of aryl methyl sites for hydroxylation is 3.